The van der Waals surface area contributed by atoms with Crippen molar-refractivity contribution in [2.75, 3.05) is 26.7 Å². The molecule has 0 radical (unpaired) electrons. The number of amides is 1. The normalized spacial score (nSPS) is 10.9. The van der Waals surface area contributed by atoms with E-state index < -0.39 is 0 Å². The van der Waals surface area contributed by atoms with Crippen LogP contribution in [0.2, 0.25) is 0 Å². The third kappa shape index (κ3) is 7.53. The summed E-state index contributed by atoms with van der Waals surface area (Å²) in [6.07, 6.45) is 2.59. The maximum atomic E-state index is 12.1. The van der Waals surface area contributed by atoms with Gasteiger partial charge in [-0.3, -0.25) is 9.79 Å². The van der Waals surface area contributed by atoms with Crippen LogP contribution in [0.15, 0.2) is 35.6 Å². The Kier molecular flexibility index (Phi) is 10.4. The summed E-state index contributed by atoms with van der Waals surface area (Å²) < 4.78 is 2.02. The van der Waals surface area contributed by atoms with Crippen molar-refractivity contribution < 1.29 is 4.79 Å². The first-order chi connectivity index (χ1) is 12.6. The molecular weight excluding hydrogens is 457 g/mol. The van der Waals surface area contributed by atoms with Crippen molar-refractivity contribution in [3.8, 4) is 0 Å². The first-order valence-corrected chi connectivity index (χ1v) is 8.80. The molecule has 0 aliphatic carbocycles. The number of carbonyl (C=O) groups is 1. The van der Waals surface area contributed by atoms with Crippen molar-refractivity contribution >= 4 is 35.8 Å². The zero-order valence-corrected chi connectivity index (χ0v) is 18.4. The fraction of sp³-hybridized carbons (Fsp3) is 0.444. The average Bonchev–Trinajstić information content (AvgIpc) is 3.11. The van der Waals surface area contributed by atoms with Gasteiger partial charge in [0.25, 0.3) is 5.91 Å². The molecule has 1 aromatic carbocycles. The predicted octanol–water partition coefficient (Wildman–Crippen LogP) is 1.36. The van der Waals surface area contributed by atoms with Crippen molar-refractivity contribution in [2.24, 2.45) is 4.99 Å². The highest BCUT2D eigenvalue weighted by Crippen LogP contribution is 2.03. The van der Waals surface area contributed by atoms with Gasteiger partial charge in [-0.05, 0) is 19.1 Å². The molecule has 0 aliphatic rings. The molecular formula is C18H28IN7O. The van der Waals surface area contributed by atoms with Crippen LogP contribution in [-0.4, -0.2) is 53.3 Å². The van der Waals surface area contributed by atoms with Crippen molar-refractivity contribution in [2.45, 2.75) is 26.8 Å². The molecule has 0 saturated heterocycles. The summed E-state index contributed by atoms with van der Waals surface area (Å²) in [6, 6.07) is 7.54. The van der Waals surface area contributed by atoms with Crippen LogP contribution in [0.25, 0.3) is 0 Å². The first-order valence-electron chi connectivity index (χ1n) is 8.80. The zero-order chi connectivity index (χ0) is 18.8. The Bertz CT molecular complexity index is 745. The lowest BCUT2D eigenvalue weighted by molar-refractivity contribution is 0.0954. The van der Waals surface area contributed by atoms with Gasteiger partial charge in [0, 0.05) is 45.2 Å². The second-order valence-corrected chi connectivity index (χ2v) is 5.85. The highest BCUT2D eigenvalue weighted by Gasteiger charge is 2.05. The second kappa shape index (κ2) is 12.3. The molecule has 148 valence electrons. The number of aryl methyl sites for hydroxylation is 2. The van der Waals surface area contributed by atoms with Gasteiger partial charge in [-0.15, -0.1) is 34.2 Å². The Morgan fingerprint density at radius 1 is 1.19 bits per heavy atom. The SMILES string of the molecule is CCc1nncn1CCNC(=NC)NCCNC(=O)c1cccc(C)c1.I. The lowest BCUT2D eigenvalue weighted by atomic mass is 10.1. The number of nitrogens with one attached hydrogen (secondary N) is 3. The molecule has 0 aliphatic heterocycles. The summed E-state index contributed by atoms with van der Waals surface area (Å²) in [7, 11) is 1.72. The van der Waals surface area contributed by atoms with Crippen molar-refractivity contribution in [3.05, 3.63) is 47.5 Å². The maximum Gasteiger partial charge on any atom is 0.251 e. The molecule has 0 unspecified atom stereocenters. The predicted molar refractivity (Wildman–Crippen MR) is 118 cm³/mol. The number of aromatic nitrogens is 3. The average molecular weight is 485 g/mol. The summed E-state index contributed by atoms with van der Waals surface area (Å²) in [5, 5.41) is 17.3. The topological polar surface area (TPSA) is 96.2 Å². The number of benzene rings is 1. The Hall–Kier alpha value is -2.17. The van der Waals surface area contributed by atoms with Crippen LogP contribution in [0.4, 0.5) is 0 Å². The Morgan fingerprint density at radius 3 is 2.63 bits per heavy atom. The molecule has 0 saturated carbocycles. The zero-order valence-electron chi connectivity index (χ0n) is 16.0. The van der Waals surface area contributed by atoms with Crippen molar-refractivity contribution in [1.82, 2.24) is 30.7 Å². The number of rotatable bonds is 8. The van der Waals surface area contributed by atoms with Crippen LogP contribution >= 0.6 is 24.0 Å². The van der Waals surface area contributed by atoms with Gasteiger partial charge in [0.05, 0.1) is 0 Å². The second-order valence-electron chi connectivity index (χ2n) is 5.85. The van der Waals surface area contributed by atoms with E-state index in [1.807, 2.05) is 35.8 Å². The molecule has 8 nitrogen and oxygen atoms in total. The Balaban J connectivity index is 0.00000364. The van der Waals surface area contributed by atoms with Gasteiger partial charge in [0.1, 0.15) is 12.2 Å². The lowest BCUT2D eigenvalue weighted by Gasteiger charge is -2.13. The molecule has 1 amide bonds. The van der Waals surface area contributed by atoms with E-state index in [1.165, 1.54) is 0 Å². The third-order valence-corrected chi connectivity index (χ3v) is 3.86. The number of nitrogens with zero attached hydrogens (tertiary/aromatic N) is 4. The largest absolute Gasteiger partial charge is 0.355 e. The molecule has 9 heteroatoms. The quantitative estimate of drug-likeness (QED) is 0.227. The third-order valence-electron chi connectivity index (χ3n) is 3.86. The Morgan fingerprint density at radius 2 is 1.93 bits per heavy atom. The molecule has 0 spiro atoms. The summed E-state index contributed by atoms with van der Waals surface area (Å²) in [4.78, 5) is 16.3. The molecule has 2 aromatic rings. The van der Waals surface area contributed by atoms with Gasteiger partial charge >= 0.3 is 0 Å². The minimum Gasteiger partial charge on any atom is -0.355 e. The van der Waals surface area contributed by atoms with Gasteiger partial charge in [-0.2, -0.15) is 0 Å². The molecule has 0 fully saturated rings. The van der Waals surface area contributed by atoms with Crippen LogP contribution in [0.1, 0.15) is 28.7 Å². The minimum absolute atomic E-state index is 0. The summed E-state index contributed by atoms with van der Waals surface area (Å²) in [5.41, 5.74) is 1.74. The van der Waals surface area contributed by atoms with Crippen LogP contribution in [0.5, 0.6) is 0 Å². The monoisotopic (exact) mass is 485 g/mol. The number of halogens is 1. The number of hydrogen-bond acceptors (Lipinski definition) is 4. The van der Waals surface area contributed by atoms with E-state index >= 15 is 0 Å². The molecule has 1 heterocycles. The molecule has 0 atom stereocenters. The highest BCUT2D eigenvalue weighted by atomic mass is 127. The minimum atomic E-state index is -0.0712. The van der Waals surface area contributed by atoms with Gasteiger partial charge in [-0.1, -0.05) is 24.6 Å². The smallest absolute Gasteiger partial charge is 0.251 e. The Labute approximate surface area is 177 Å². The van der Waals surface area contributed by atoms with Gasteiger partial charge in [-0.25, -0.2) is 0 Å². The van der Waals surface area contributed by atoms with E-state index in [1.54, 1.807) is 13.4 Å². The van der Waals surface area contributed by atoms with E-state index in [2.05, 4.69) is 38.1 Å². The molecule has 3 N–H and O–H groups in total. The summed E-state index contributed by atoms with van der Waals surface area (Å²) in [6.45, 7) is 6.60. The highest BCUT2D eigenvalue weighted by molar-refractivity contribution is 14.0. The summed E-state index contributed by atoms with van der Waals surface area (Å²) in [5.74, 6) is 1.59. The standard InChI is InChI=1S/C18H27N7O.HI/c1-4-16-24-23-13-25(16)11-10-22-18(19-3)21-9-8-20-17(26)15-7-5-6-14(2)12-15;/h5-7,12-13H,4,8-11H2,1-3H3,(H,20,26)(H2,19,21,22);1H. The van der Waals surface area contributed by atoms with Crippen LogP contribution in [0.3, 0.4) is 0 Å². The fourth-order valence-corrected chi connectivity index (χ4v) is 2.50. The van der Waals surface area contributed by atoms with Gasteiger partial charge in [0.15, 0.2) is 5.96 Å². The van der Waals surface area contributed by atoms with Crippen LogP contribution < -0.4 is 16.0 Å². The molecule has 1 aromatic heterocycles. The van der Waals surface area contributed by atoms with E-state index in [0.717, 1.165) is 24.4 Å². The van der Waals surface area contributed by atoms with E-state index in [9.17, 15) is 4.79 Å². The number of guanidine groups is 1. The van der Waals surface area contributed by atoms with E-state index in [-0.39, 0.29) is 29.9 Å². The van der Waals surface area contributed by atoms with Gasteiger partial charge in [0.2, 0.25) is 0 Å². The van der Waals surface area contributed by atoms with Crippen LogP contribution in [0, 0.1) is 6.92 Å². The molecule has 2 rings (SSSR count). The van der Waals surface area contributed by atoms with E-state index in [4.69, 9.17) is 0 Å². The number of hydrogen-bond donors (Lipinski definition) is 3. The maximum absolute atomic E-state index is 12.1. The van der Waals surface area contributed by atoms with Gasteiger partial charge < -0.3 is 20.5 Å². The fourth-order valence-electron chi connectivity index (χ4n) is 2.50. The van der Waals surface area contributed by atoms with Crippen LogP contribution in [-0.2, 0) is 13.0 Å². The van der Waals surface area contributed by atoms with Crippen molar-refractivity contribution in [3.63, 3.8) is 0 Å². The molecule has 0 bridgehead atoms. The van der Waals surface area contributed by atoms with Crippen molar-refractivity contribution in [1.29, 1.82) is 0 Å². The summed E-state index contributed by atoms with van der Waals surface area (Å²) >= 11 is 0. The number of aliphatic imine (C=N–C) groups is 1. The first kappa shape index (κ1) is 22.9. The molecule has 27 heavy (non-hydrogen) atoms. The lowest BCUT2D eigenvalue weighted by Crippen LogP contribution is -2.42. The van der Waals surface area contributed by atoms with E-state index in [0.29, 0.717) is 31.2 Å². The number of carbonyl (C=O) groups excluding carboxylic acids is 1.